The molecular formula is C11H18N2OS. The Kier molecular flexibility index (Phi) is 3.38. The fourth-order valence-electron chi connectivity index (χ4n) is 2.26. The summed E-state index contributed by atoms with van der Waals surface area (Å²) in [4.78, 5) is 8.17. The molecule has 1 aromatic rings. The van der Waals surface area contributed by atoms with Crippen LogP contribution in [0.1, 0.15) is 40.9 Å². The Morgan fingerprint density at radius 2 is 2.33 bits per heavy atom. The number of hydrogen-bond donors (Lipinski definition) is 1. The average Bonchev–Trinajstić information content (AvgIpc) is 2.60. The molecule has 0 radical (unpaired) electrons. The van der Waals surface area contributed by atoms with Crippen molar-refractivity contribution >= 4 is 11.3 Å². The SMILES string of the molecule is Cc1sc(CO)nc1C1CCCCN1C. The molecule has 0 bridgehead atoms. The lowest BCUT2D eigenvalue weighted by Crippen LogP contribution is -2.30. The van der Waals surface area contributed by atoms with Crippen molar-refractivity contribution < 1.29 is 5.11 Å². The van der Waals surface area contributed by atoms with Gasteiger partial charge in [0.25, 0.3) is 0 Å². The van der Waals surface area contributed by atoms with Crippen LogP contribution in [0.25, 0.3) is 0 Å². The van der Waals surface area contributed by atoms with Crippen LogP contribution in [0.15, 0.2) is 0 Å². The second kappa shape index (κ2) is 4.60. The van der Waals surface area contributed by atoms with E-state index in [9.17, 15) is 0 Å². The van der Waals surface area contributed by atoms with Gasteiger partial charge in [0.1, 0.15) is 5.01 Å². The smallest absolute Gasteiger partial charge is 0.119 e. The minimum atomic E-state index is 0.0714. The van der Waals surface area contributed by atoms with Gasteiger partial charge in [-0.3, -0.25) is 4.90 Å². The molecule has 0 spiro atoms. The first kappa shape index (κ1) is 11.0. The van der Waals surface area contributed by atoms with Crippen LogP contribution < -0.4 is 0 Å². The van der Waals surface area contributed by atoms with E-state index in [1.807, 2.05) is 0 Å². The maximum atomic E-state index is 9.07. The Morgan fingerprint density at radius 3 is 2.93 bits per heavy atom. The van der Waals surface area contributed by atoms with Gasteiger partial charge in [0.2, 0.25) is 0 Å². The third-order valence-corrected chi connectivity index (χ3v) is 4.07. The average molecular weight is 226 g/mol. The highest BCUT2D eigenvalue weighted by Gasteiger charge is 2.24. The molecule has 1 saturated heterocycles. The Hall–Kier alpha value is -0.450. The zero-order valence-corrected chi connectivity index (χ0v) is 10.2. The van der Waals surface area contributed by atoms with Crippen molar-refractivity contribution in [1.29, 1.82) is 0 Å². The number of nitrogens with zero attached hydrogens (tertiary/aromatic N) is 2. The molecule has 1 unspecified atom stereocenters. The predicted molar refractivity (Wildman–Crippen MR) is 62.0 cm³/mol. The number of aromatic nitrogens is 1. The first-order valence-electron chi connectivity index (χ1n) is 5.49. The number of likely N-dealkylation sites (tertiary alicyclic amines) is 1. The lowest BCUT2D eigenvalue weighted by molar-refractivity contribution is 0.183. The molecule has 0 amide bonds. The summed E-state index contributed by atoms with van der Waals surface area (Å²) in [6.07, 6.45) is 3.79. The summed E-state index contributed by atoms with van der Waals surface area (Å²) in [7, 11) is 2.17. The first-order valence-corrected chi connectivity index (χ1v) is 6.31. The van der Waals surface area contributed by atoms with Crippen LogP contribution in [0.3, 0.4) is 0 Å². The van der Waals surface area contributed by atoms with Crippen molar-refractivity contribution in [3.8, 4) is 0 Å². The fraction of sp³-hybridized carbons (Fsp3) is 0.727. The van der Waals surface area contributed by atoms with Crippen LogP contribution in [0, 0.1) is 6.92 Å². The molecule has 84 valence electrons. The maximum Gasteiger partial charge on any atom is 0.119 e. The predicted octanol–water partition coefficient (Wildman–Crippen LogP) is 2.10. The van der Waals surface area contributed by atoms with Gasteiger partial charge in [0.15, 0.2) is 0 Å². The molecule has 15 heavy (non-hydrogen) atoms. The molecule has 0 aromatic carbocycles. The summed E-state index contributed by atoms with van der Waals surface area (Å²) in [6, 6.07) is 0.468. The summed E-state index contributed by atoms with van der Waals surface area (Å²) in [5, 5.41) is 9.92. The largest absolute Gasteiger partial charge is 0.389 e. The van der Waals surface area contributed by atoms with Crippen molar-refractivity contribution in [2.75, 3.05) is 13.6 Å². The molecule has 1 aliphatic rings. The van der Waals surface area contributed by atoms with Crippen molar-refractivity contribution in [3.63, 3.8) is 0 Å². The van der Waals surface area contributed by atoms with Crippen molar-refractivity contribution in [3.05, 3.63) is 15.6 Å². The van der Waals surface area contributed by atoms with Gasteiger partial charge in [-0.25, -0.2) is 4.98 Å². The van der Waals surface area contributed by atoms with Crippen LogP contribution in [0.5, 0.6) is 0 Å². The lowest BCUT2D eigenvalue weighted by Gasteiger charge is -2.31. The molecule has 1 N–H and O–H groups in total. The standard InChI is InChI=1S/C11H18N2OS/c1-8-11(12-10(7-14)15-8)9-5-3-4-6-13(9)2/h9,14H,3-7H2,1-2H3. The molecule has 0 aliphatic carbocycles. The van der Waals surface area contributed by atoms with E-state index in [2.05, 4.69) is 23.9 Å². The van der Waals surface area contributed by atoms with E-state index in [4.69, 9.17) is 5.11 Å². The summed E-state index contributed by atoms with van der Waals surface area (Å²) in [5.74, 6) is 0. The zero-order chi connectivity index (χ0) is 10.8. The second-order valence-electron chi connectivity index (χ2n) is 4.20. The van der Waals surface area contributed by atoms with E-state index in [0.29, 0.717) is 6.04 Å². The third-order valence-electron chi connectivity index (χ3n) is 3.10. The summed E-state index contributed by atoms with van der Waals surface area (Å²) >= 11 is 1.62. The molecule has 2 rings (SSSR count). The monoisotopic (exact) mass is 226 g/mol. The van der Waals surface area contributed by atoms with Gasteiger partial charge in [-0.05, 0) is 33.4 Å². The van der Waals surface area contributed by atoms with Crippen molar-refractivity contribution in [1.82, 2.24) is 9.88 Å². The topological polar surface area (TPSA) is 36.4 Å². The molecule has 3 nitrogen and oxygen atoms in total. The number of rotatable bonds is 2. The fourth-order valence-corrected chi connectivity index (χ4v) is 3.11. The second-order valence-corrected chi connectivity index (χ2v) is 5.49. The van der Waals surface area contributed by atoms with Gasteiger partial charge >= 0.3 is 0 Å². The van der Waals surface area contributed by atoms with Gasteiger partial charge < -0.3 is 5.11 Å². The van der Waals surface area contributed by atoms with Crippen molar-refractivity contribution in [2.45, 2.75) is 38.8 Å². The summed E-state index contributed by atoms with van der Waals surface area (Å²) in [5.41, 5.74) is 1.19. The van der Waals surface area contributed by atoms with Gasteiger partial charge in [-0.15, -0.1) is 11.3 Å². The van der Waals surface area contributed by atoms with Crippen LogP contribution in [-0.4, -0.2) is 28.6 Å². The van der Waals surface area contributed by atoms with E-state index >= 15 is 0 Å². The van der Waals surface area contributed by atoms with Crippen LogP contribution in [0.2, 0.25) is 0 Å². The molecule has 1 atom stereocenters. The molecule has 4 heteroatoms. The van der Waals surface area contributed by atoms with E-state index < -0.39 is 0 Å². The molecule has 1 aromatic heterocycles. The van der Waals surface area contributed by atoms with E-state index in [1.54, 1.807) is 11.3 Å². The van der Waals surface area contributed by atoms with E-state index in [-0.39, 0.29) is 6.61 Å². The van der Waals surface area contributed by atoms with Gasteiger partial charge in [0.05, 0.1) is 18.3 Å². The van der Waals surface area contributed by atoms with Gasteiger partial charge in [-0.1, -0.05) is 6.42 Å². The highest BCUT2D eigenvalue weighted by atomic mass is 32.1. The van der Waals surface area contributed by atoms with Gasteiger partial charge in [0, 0.05) is 4.88 Å². The molecule has 0 saturated carbocycles. The zero-order valence-electron chi connectivity index (χ0n) is 9.36. The number of aliphatic hydroxyl groups excluding tert-OH is 1. The third kappa shape index (κ3) is 2.22. The van der Waals surface area contributed by atoms with Gasteiger partial charge in [-0.2, -0.15) is 0 Å². The summed E-state index contributed by atoms with van der Waals surface area (Å²) < 4.78 is 0. The number of hydrogen-bond acceptors (Lipinski definition) is 4. The van der Waals surface area contributed by atoms with E-state index in [1.165, 1.54) is 29.8 Å². The number of piperidine rings is 1. The van der Waals surface area contributed by atoms with Crippen LogP contribution >= 0.6 is 11.3 Å². The minimum Gasteiger partial charge on any atom is -0.389 e. The summed E-state index contributed by atoms with van der Waals surface area (Å²) in [6.45, 7) is 3.34. The molecule has 1 aliphatic heterocycles. The highest BCUT2D eigenvalue weighted by molar-refractivity contribution is 7.11. The Labute approximate surface area is 94.8 Å². The van der Waals surface area contributed by atoms with Crippen LogP contribution in [0.4, 0.5) is 0 Å². The van der Waals surface area contributed by atoms with E-state index in [0.717, 1.165) is 11.6 Å². The quantitative estimate of drug-likeness (QED) is 0.839. The molecular weight excluding hydrogens is 208 g/mol. The highest BCUT2D eigenvalue weighted by Crippen LogP contribution is 2.33. The lowest BCUT2D eigenvalue weighted by atomic mass is 10.00. The Morgan fingerprint density at radius 1 is 1.53 bits per heavy atom. The maximum absolute atomic E-state index is 9.07. The van der Waals surface area contributed by atoms with Crippen molar-refractivity contribution in [2.24, 2.45) is 0 Å². The molecule has 2 heterocycles. The van der Waals surface area contributed by atoms with Crippen LogP contribution in [-0.2, 0) is 6.61 Å². The number of aliphatic hydroxyl groups is 1. The number of thiazole rings is 1. The number of aryl methyl sites for hydroxylation is 1. The normalized spacial score (nSPS) is 23.3. The Balaban J connectivity index is 2.23. The molecule has 1 fully saturated rings. The Bertz CT molecular complexity index is 337. The first-order chi connectivity index (χ1) is 7.22. The minimum absolute atomic E-state index is 0.0714.